The number of methoxy groups -OCH3 is 1. The molecule has 1 aromatic heterocycles. The minimum atomic E-state index is -0.888. The third-order valence-electron chi connectivity index (χ3n) is 9.45. The molecule has 0 aliphatic carbocycles. The van der Waals surface area contributed by atoms with E-state index in [2.05, 4.69) is 65.8 Å². The molecule has 0 aliphatic rings. The largest absolute Gasteiger partial charge is 0.469 e. The van der Waals surface area contributed by atoms with Gasteiger partial charge in [-0.05, 0) is 46.4 Å². The quantitative estimate of drug-likeness (QED) is 0.0348. The summed E-state index contributed by atoms with van der Waals surface area (Å²) in [6, 6.07) is 38.4. The average molecular weight is 729 g/mol. The van der Waals surface area contributed by atoms with E-state index in [-0.39, 0.29) is 17.6 Å². The van der Waals surface area contributed by atoms with Crippen LogP contribution in [-0.2, 0) is 15.1 Å². The van der Waals surface area contributed by atoms with Crippen molar-refractivity contribution in [2.24, 2.45) is 0 Å². The lowest BCUT2D eigenvalue weighted by Crippen LogP contribution is -2.39. The molecule has 0 saturated carbocycles. The molecule has 1 heterocycles. The van der Waals surface area contributed by atoms with Gasteiger partial charge in [0.25, 0.3) is 0 Å². The van der Waals surface area contributed by atoms with Crippen molar-refractivity contribution in [3.8, 4) is 11.4 Å². The zero-order valence-electron chi connectivity index (χ0n) is 31.0. The van der Waals surface area contributed by atoms with Crippen LogP contribution in [0.5, 0.6) is 0 Å². The van der Waals surface area contributed by atoms with Crippen molar-refractivity contribution < 1.29 is 14.6 Å². The Morgan fingerprint density at radius 1 is 0.811 bits per heavy atom. The highest BCUT2D eigenvalue weighted by atomic mass is 32.2. The highest BCUT2D eigenvalue weighted by Gasteiger charge is 2.41. The predicted molar refractivity (Wildman–Crippen MR) is 217 cm³/mol. The summed E-state index contributed by atoms with van der Waals surface area (Å²) in [5, 5.41) is 25.8. The fourth-order valence-corrected chi connectivity index (χ4v) is 7.71. The van der Waals surface area contributed by atoms with E-state index in [1.807, 2.05) is 91.0 Å². The second-order valence-electron chi connectivity index (χ2n) is 13.2. The van der Waals surface area contributed by atoms with Crippen LogP contribution < -0.4 is 0 Å². The van der Waals surface area contributed by atoms with Crippen LogP contribution in [0.4, 0.5) is 0 Å². The summed E-state index contributed by atoms with van der Waals surface area (Å²) < 4.78 is 4.86. The van der Waals surface area contributed by atoms with Gasteiger partial charge in [-0.15, -0.1) is 15.0 Å². The maximum atomic E-state index is 11.9. The maximum Gasteiger partial charge on any atom is 0.306 e. The molecule has 2 atom stereocenters. The van der Waals surface area contributed by atoms with Crippen molar-refractivity contribution >= 4 is 17.7 Å². The first kappa shape index (κ1) is 39.4. The molecule has 5 rings (SSSR count). The van der Waals surface area contributed by atoms with Gasteiger partial charge in [-0.2, -0.15) is 11.8 Å². The van der Waals surface area contributed by atoms with E-state index in [4.69, 9.17) is 9.84 Å². The number of hydrogen-bond acceptors (Lipinski definition) is 7. The van der Waals surface area contributed by atoms with Gasteiger partial charge in [-0.1, -0.05) is 179 Å². The molecular weight excluding hydrogens is 677 g/mol. The number of unbranched alkanes of at least 4 members (excludes halogenated alkanes) is 7. The van der Waals surface area contributed by atoms with E-state index < -0.39 is 11.6 Å². The van der Waals surface area contributed by atoms with Crippen molar-refractivity contribution in [1.29, 1.82) is 0 Å². The number of tetrazole rings is 1. The standard InChI is InChI=1S/C45H52N4O3S/c1-3-4-5-6-7-8-9-10-11-12-22-32-41(53-34-33-42(50)52-2)43(51)36-24-23-25-37(35-36)44-46-48-49(47-44)45(38-26-16-13-17-27-38,39-28-18-14-19-29-39)40-30-20-15-21-31-40/h11-32,35,41,43,51H,3-10,33-34H2,1-2H3/t41-,43+/m1/s1. The summed E-state index contributed by atoms with van der Waals surface area (Å²) in [5.41, 5.74) is 3.58. The lowest BCUT2D eigenvalue weighted by atomic mass is 9.77. The lowest BCUT2D eigenvalue weighted by molar-refractivity contribution is -0.140. The van der Waals surface area contributed by atoms with Crippen LogP contribution in [0.3, 0.4) is 0 Å². The van der Waals surface area contributed by atoms with Gasteiger partial charge in [0.1, 0.15) is 0 Å². The summed E-state index contributed by atoms with van der Waals surface area (Å²) >= 11 is 1.53. The molecule has 0 spiro atoms. The number of rotatable bonds is 21. The van der Waals surface area contributed by atoms with Gasteiger partial charge >= 0.3 is 5.97 Å². The molecule has 7 nitrogen and oxygen atoms in total. The third kappa shape index (κ3) is 10.6. The number of carbonyl (C=O) groups is 1. The molecule has 1 N–H and O–H groups in total. The van der Waals surface area contributed by atoms with Gasteiger partial charge in [-0.25, -0.2) is 0 Å². The monoisotopic (exact) mass is 728 g/mol. The molecule has 0 unspecified atom stereocenters. The minimum Gasteiger partial charge on any atom is -0.469 e. The van der Waals surface area contributed by atoms with Crippen LogP contribution in [0, 0.1) is 0 Å². The number of thioether (sulfide) groups is 1. The predicted octanol–water partition coefficient (Wildman–Crippen LogP) is 10.1. The molecule has 0 amide bonds. The zero-order chi connectivity index (χ0) is 37.1. The summed E-state index contributed by atoms with van der Waals surface area (Å²) in [6.45, 7) is 2.25. The first-order valence-electron chi connectivity index (χ1n) is 18.8. The Hall–Kier alpha value is -4.79. The molecule has 4 aromatic carbocycles. The lowest BCUT2D eigenvalue weighted by Gasteiger charge is -2.34. The molecule has 276 valence electrons. The number of benzene rings is 4. The van der Waals surface area contributed by atoms with Gasteiger partial charge in [0.2, 0.25) is 5.82 Å². The van der Waals surface area contributed by atoms with E-state index in [1.54, 1.807) is 4.80 Å². The van der Waals surface area contributed by atoms with Crippen LogP contribution in [0.1, 0.15) is 93.1 Å². The van der Waals surface area contributed by atoms with Crippen LogP contribution in [0.2, 0.25) is 0 Å². The van der Waals surface area contributed by atoms with E-state index in [0.29, 0.717) is 11.6 Å². The smallest absolute Gasteiger partial charge is 0.306 e. The maximum absolute atomic E-state index is 11.9. The number of ether oxygens (including phenoxy) is 1. The SMILES string of the molecule is CCCCCCCCCC=CC=C[C@@H](SCCC(=O)OC)[C@@H](O)c1cccc(-c2nnn(C(c3ccccc3)(c3ccccc3)c3ccccc3)n2)c1. The summed E-state index contributed by atoms with van der Waals surface area (Å²) in [7, 11) is 1.40. The number of esters is 1. The van der Waals surface area contributed by atoms with Crippen molar-refractivity contribution in [2.45, 2.75) is 81.6 Å². The summed E-state index contributed by atoms with van der Waals surface area (Å²) in [4.78, 5) is 13.6. The average Bonchev–Trinajstić information content (AvgIpc) is 3.71. The van der Waals surface area contributed by atoms with Gasteiger partial charge in [-0.3, -0.25) is 4.79 Å². The Bertz CT molecular complexity index is 1760. The number of nitrogens with zero attached hydrogens (tertiary/aromatic N) is 4. The Labute approximate surface area is 319 Å². The second kappa shape index (κ2) is 21.0. The highest BCUT2D eigenvalue weighted by molar-refractivity contribution is 8.00. The Morgan fingerprint density at radius 3 is 2.02 bits per heavy atom. The Morgan fingerprint density at radius 2 is 1.42 bits per heavy atom. The number of aromatic nitrogens is 4. The summed E-state index contributed by atoms with van der Waals surface area (Å²) in [5.74, 6) is 0.708. The number of allylic oxidation sites excluding steroid dienone is 3. The number of aliphatic hydroxyl groups excluding tert-OH is 1. The molecule has 0 saturated heterocycles. The molecule has 53 heavy (non-hydrogen) atoms. The molecule has 8 heteroatoms. The third-order valence-corrected chi connectivity index (χ3v) is 10.7. The normalized spacial score (nSPS) is 13.0. The van der Waals surface area contributed by atoms with Crippen LogP contribution in [-0.4, -0.2) is 49.4 Å². The molecular formula is C45H52N4O3S. The first-order chi connectivity index (χ1) is 26.1. The fraction of sp³-hybridized carbons (Fsp3) is 0.333. The van der Waals surface area contributed by atoms with E-state index >= 15 is 0 Å². The van der Waals surface area contributed by atoms with Crippen molar-refractivity contribution in [1.82, 2.24) is 20.2 Å². The Balaban J connectivity index is 1.39. The van der Waals surface area contributed by atoms with Gasteiger partial charge < -0.3 is 9.84 Å². The molecule has 0 radical (unpaired) electrons. The van der Waals surface area contributed by atoms with Crippen molar-refractivity contribution in [3.63, 3.8) is 0 Å². The first-order valence-corrected chi connectivity index (χ1v) is 19.9. The van der Waals surface area contributed by atoms with E-state index in [0.717, 1.165) is 34.2 Å². The van der Waals surface area contributed by atoms with E-state index in [1.165, 1.54) is 63.8 Å². The van der Waals surface area contributed by atoms with Crippen molar-refractivity contribution in [2.75, 3.05) is 12.9 Å². The topological polar surface area (TPSA) is 90.1 Å². The second-order valence-corrected chi connectivity index (χ2v) is 14.5. The molecule has 0 bridgehead atoms. The van der Waals surface area contributed by atoms with Gasteiger partial charge in [0.05, 0.1) is 24.9 Å². The molecule has 0 aliphatic heterocycles. The highest BCUT2D eigenvalue weighted by Crippen LogP contribution is 2.40. The zero-order valence-corrected chi connectivity index (χ0v) is 31.8. The summed E-state index contributed by atoms with van der Waals surface area (Å²) in [6.07, 6.45) is 17.8. The van der Waals surface area contributed by atoms with E-state index in [9.17, 15) is 9.90 Å². The number of carbonyl (C=O) groups excluding carboxylic acids is 1. The minimum absolute atomic E-state index is 0.266. The Kier molecular flexibility index (Phi) is 15.7. The number of hydrogen-bond donors (Lipinski definition) is 1. The van der Waals surface area contributed by atoms with Crippen LogP contribution >= 0.6 is 11.8 Å². The molecule has 5 aromatic rings. The van der Waals surface area contributed by atoms with Gasteiger partial charge in [0.15, 0.2) is 5.54 Å². The van der Waals surface area contributed by atoms with Crippen LogP contribution in [0.25, 0.3) is 11.4 Å². The molecule has 0 fully saturated rings. The van der Waals surface area contributed by atoms with Gasteiger partial charge in [0, 0.05) is 11.3 Å². The fourth-order valence-electron chi connectivity index (χ4n) is 6.61. The van der Waals surface area contributed by atoms with Crippen molar-refractivity contribution in [3.05, 3.63) is 162 Å². The number of aliphatic hydroxyl groups is 1. The van der Waals surface area contributed by atoms with Crippen LogP contribution in [0.15, 0.2) is 140 Å².